The van der Waals surface area contributed by atoms with E-state index in [1.54, 1.807) is 0 Å². The van der Waals surface area contributed by atoms with Gasteiger partial charge in [0.15, 0.2) is 0 Å². The van der Waals surface area contributed by atoms with E-state index in [1.165, 1.54) is 7.11 Å². The summed E-state index contributed by atoms with van der Waals surface area (Å²) in [6.07, 6.45) is 3.80. The van der Waals surface area contributed by atoms with Gasteiger partial charge < -0.3 is 10.1 Å². The van der Waals surface area contributed by atoms with Crippen LogP contribution in [0.15, 0.2) is 0 Å². The average molecular weight is 254 g/mol. The number of hydrogen-bond donors (Lipinski definition) is 1. The Kier molecular flexibility index (Phi) is 4.22. The fourth-order valence-electron chi connectivity index (χ4n) is 2.40. The van der Waals surface area contributed by atoms with Crippen LogP contribution in [0, 0.1) is 5.92 Å². The van der Waals surface area contributed by atoms with Gasteiger partial charge >= 0.3 is 5.97 Å². The SMILES string of the molecule is COC(=O)C1CCN(C(C)C(=O)NC2CC2)CC1. The maximum absolute atomic E-state index is 11.9. The van der Waals surface area contributed by atoms with Crippen LogP contribution in [0.2, 0.25) is 0 Å². The summed E-state index contributed by atoms with van der Waals surface area (Å²) in [5.41, 5.74) is 0. The van der Waals surface area contributed by atoms with Crippen LogP contribution in [-0.4, -0.2) is 49.1 Å². The molecule has 5 nitrogen and oxygen atoms in total. The van der Waals surface area contributed by atoms with Gasteiger partial charge in [0.2, 0.25) is 5.91 Å². The van der Waals surface area contributed by atoms with E-state index in [0.717, 1.165) is 38.8 Å². The van der Waals surface area contributed by atoms with Crippen molar-refractivity contribution in [3.05, 3.63) is 0 Å². The van der Waals surface area contributed by atoms with Gasteiger partial charge in [0.1, 0.15) is 0 Å². The van der Waals surface area contributed by atoms with Crippen LogP contribution < -0.4 is 5.32 Å². The number of rotatable bonds is 4. The molecule has 1 aliphatic heterocycles. The zero-order valence-corrected chi connectivity index (χ0v) is 11.1. The molecule has 2 rings (SSSR count). The minimum absolute atomic E-state index is 0.00458. The molecule has 1 N–H and O–H groups in total. The Morgan fingerprint density at radius 3 is 2.33 bits per heavy atom. The van der Waals surface area contributed by atoms with Gasteiger partial charge in [-0.1, -0.05) is 0 Å². The van der Waals surface area contributed by atoms with Crippen molar-refractivity contribution in [3.63, 3.8) is 0 Å². The first-order valence-electron chi connectivity index (χ1n) is 6.74. The smallest absolute Gasteiger partial charge is 0.308 e. The largest absolute Gasteiger partial charge is 0.469 e. The molecule has 0 radical (unpaired) electrons. The first-order valence-corrected chi connectivity index (χ1v) is 6.74. The van der Waals surface area contributed by atoms with Crippen molar-refractivity contribution in [1.82, 2.24) is 10.2 Å². The van der Waals surface area contributed by atoms with Crippen LogP contribution in [-0.2, 0) is 14.3 Å². The van der Waals surface area contributed by atoms with E-state index in [-0.39, 0.29) is 23.8 Å². The molecule has 5 heteroatoms. The number of carbonyl (C=O) groups excluding carboxylic acids is 2. The number of piperidine rings is 1. The summed E-state index contributed by atoms with van der Waals surface area (Å²) in [5, 5.41) is 3.02. The van der Waals surface area contributed by atoms with Gasteiger partial charge in [-0.3, -0.25) is 14.5 Å². The van der Waals surface area contributed by atoms with E-state index >= 15 is 0 Å². The van der Waals surface area contributed by atoms with Crippen molar-refractivity contribution >= 4 is 11.9 Å². The third-order valence-electron chi connectivity index (χ3n) is 3.91. The second-order valence-electron chi connectivity index (χ2n) is 5.29. The molecule has 0 spiro atoms. The van der Waals surface area contributed by atoms with Gasteiger partial charge in [-0.15, -0.1) is 0 Å². The lowest BCUT2D eigenvalue weighted by Gasteiger charge is -2.34. The predicted molar refractivity (Wildman–Crippen MR) is 66.9 cm³/mol. The van der Waals surface area contributed by atoms with Crippen molar-refractivity contribution in [3.8, 4) is 0 Å². The monoisotopic (exact) mass is 254 g/mol. The number of nitrogens with zero attached hydrogens (tertiary/aromatic N) is 1. The summed E-state index contributed by atoms with van der Waals surface area (Å²) in [7, 11) is 1.43. The molecular weight excluding hydrogens is 232 g/mol. The number of likely N-dealkylation sites (tertiary alicyclic amines) is 1. The molecule has 1 atom stereocenters. The molecule has 1 saturated heterocycles. The Bertz CT molecular complexity index is 320. The van der Waals surface area contributed by atoms with Crippen LogP contribution in [0.3, 0.4) is 0 Å². The molecule has 2 fully saturated rings. The second-order valence-corrected chi connectivity index (χ2v) is 5.29. The molecule has 0 aromatic carbocycles. The molecule has 0 aromatic heterocycles. The topological polar surface area (TPSA) is 58.6 Å². The molecule has 2 aliphatic rings. The van der Waals surface area contributed by atoms with Gasteiger partial charge in [0, 0.05) is 6.04 Å². The molecule has 1 aliphatic carbocycles. The Morgan fingerprint density at radius 2 is 1.83 bits per heavy atom. The second kappa shape index (κ2) is 5.69. The third kappa shape index (κ3) is 3.22. The quantitative estimate of drug-likeness (QED) is 0.744. The zero-order valence-electron chi connectivity index (χ0n) is 11.1. The summed E-state index contributed by atoms with van der Waals surface area (Å²) >= 11 is 0. The van der Waals surface area contributed by atoms with Crippen LogP contribution in [0.5, 0.6) is 0 Å². The van der Waals surface area contributed by atoms with E-state index in [1.807, 2.05) is 6.92 Å². The molecular formula is C13H22N2O3. The highest BCUT2D eigenvalue weighted by atomic mass is 16.5. The Morgan fingerprint density at radius 1 is 1.22 bits per heavy atom. The lowest BCUT2D eigenvalue weighted by atomic mass is 9.96. The van der Waals surface area contributed by atoms with Crippen LogP contribution >= 0.6 is 0 Å². The number of amides is 1. The number of hydrogen-bond acceptors (Lipinski definition) is 4. The van der Waals surface area contributed by atoms with Crippen molar-refractivity contribution in [2.24, 2.45) is 5.92 Å². The molecule has 1 unspecified atom stereocenters. The molecule has 18 heavy (non-hydrogen) atoms. The van der Waals surface area contributed by atoms with Crippen molar-refractivity contribution in [1.29, 1.82) is 0 Å². The molecule has 102 valence electrons. The fourth-order valence-corrected chi connectivity index (χ4v) is 2.40. The Balaban J connectivity index is 1.77. The Labute approximate surface area is 108 Å². The first kappa shape index (κ1) is 13.3. The van der Waals surface area contributed by atoms with Crippen LogP contribution in [0.25, 0.3) is 0 Å². The predicted octanol–water partition coefficient (Wildman–Crippen LogP) is 0.539. The highest BCUT2D eigenvalue weighted by Crippen LogP contribution is 2.22. The van der Waals surface area contributed by atoms with E-state index in [0.29, 0.717) is 6.04 Å². The van der Waals surface area contributed by atoms with Gasteiger partial charge in [0.05, 0.1) is 19.1 Å². The molecule has 1 saturated carbocycles. The molecule has 0 aromatic rings. The van der Waals surface area contributed by atoms with Crippen LogP contribution in [0.1, 0.15) is 32.6 Å². The average Bonchev–Trinajstić information content (AvgIpc) is 3.21. The fraction of sp³-hybridized carbons (Fsp3) is 0.846. The van der Waals surface area contributed by atoms with Gasteiger partial charge in [0.25, 0.3) is 0 Å². The normalized spacial score (nSPS) is 23.4. The van der Waals surface area contributed by atoms with Crippen LogP contribution in [0.4, 0.5) is 0 Å². The number of methoxy groups -OCH3 is 1. The van der Waals surface area contributed by atoms with Gasteiger partial charge in [-0.2, -0.15) is 0 Å². The summed E-state index contributed by atoms with van der Waals surface area (Å²) in [6, 6.07) is 0.316. The summed E-state index contributed by atoms with van der Waals surface area (Å²) in [6.45, 7) is 3.52. The molecule has 0 bridgehead atoms. The minimum atomic E-state index is -0.121. The van der Waals surface area contributed by atoms with E-state index in [9.17, 15) is 9.59 Å². The van der Waals surface area contributed by atoms with E-state index < -0.39 is 0 Å². The first-order chi connectivity index (χ1) is 8.61. The van der Waals surface area contributed by atoms with E-state index in [2.05, 4.69) is 10.2 Å². The standard InChI is InChI=1S/C13H22N2O3/c1-9(12(16)14-11-3-4-11)15-7-5-10(6-8-15)13(17)18-2/h9-11H,3-8H2,1-2H3,(H,14,16). The highest BCUT2D eigenvalue weighted by Gasteiger charge is 2.32. The lowest BCUT2D eigenvalue weighted by Crippen LogP contribution is -2.49. The maximum atomic E-state index is 11.9. The zero-order chi connectivity index (χ0) is 13.1. The number of nitrogens with one attached hydrogen (secondary N) is 1. The summed E-state index contributed by atoms with van der Waals surface area (Å²) in [4.78, 5) is 25.5. The number of ether oxygens (including phenoxy) is 1. The van der Waals surface area contributed by atoms with Crippen molar-refractivity contribution < 1.29 is 14.3 Å². The number of carbonyl (C=O) groups is 2. The highest BCUT2D eigenvalue weighted by molar-refractivity contribution is 5.82. The Hall–Kier alpha value is -1.10. The summed E-state index contributed by atoms with van der Waals surface area (Å²) < 4.78 is 4.76. The minimum Gasteiger partial charge on any atom is -0.469 e. The summed E-state index contributed by atoms with van der Waals surface area (Å²) in [5.74, 6) is 0.00342. The van der Waals surface area contributed by atoms with Crippen molar-refractivity contribution in [2.75, 3.05) is 20.2 Å². The third-order valence-corrected chi connectivity index (χ3v) is 3.91. The molecule has 1 heterocycles. The van der Waals surface area contributed by atoms with E-state index in [4.69, 9.17) is 4.74 Å². The van der Waals surface area contributed by atoms with Gasteiger partial charge in [-0.25, -0.2) is 0 Å². The molecule has 1 amide bonds. The maximum Gasteiger partial charge on any atom is 0.308 e. The lowest BCUT2D eigenvalue weighted by molar-refractivity contribution is -0.147. The van der Waals surface area contributed by atoms with Crippen molar-refractivity contribution in [2.45, 2.75) is 44.7 Å². The van der Waals surface area contributed by atoms with Gasteiger partial charge in [-0.05, 0) is 45.7 Å². The number of esters is 1.